The summed E-state index contributed by atoms with van der Waals surface area (Å²) in [5.41, 5.74) is 0. The Morgan fingerprint density at radius 2 is 2.29 bits per heavy atom. The lowest BCUT2D eigenvalue weighted by Crippen LogP contribution is -1.93. The van der Waals surface area contributed by atoms with E-state index in [1.54, 1.807) is 11.3 Å². The highest BCUT2D eigenvalue weighted by Gasteiger charge is 2.12. The van der Waals surface area contributed by atoms with Gasteiger partial charge >= 0.3 is 0 Å². The molecule has 0 aliphatic rings. The van der Waals surface area contributed by atoms with Gasteiger partial charge in [-0.25, -0.2) is 0 Å². The van der Waals surface area contributed by atoms with Gasteiger partial charge in [0.2, 0.25) is 0 Å². The zero-order valence-corrected chi connectivity index (χ0v) is 11.5. The normalized spacial score (nSPS) is 12.4. The van der Waals surface area contributed by atoms with Crippen molar-refractivity contribution in [3.63, 3.8) is 0 Å². The molecule has 76 valence electrons. The highest BCUT2D eigenvalue weighted by molar-refractivity contribution is 9.13. The summed E-state index contributed by atoms with van der Waals surface area (Å²) in [4.78, 5) is 0.973. The summed E-state index contributed by atoms with van der Waals surface area (Å²) in [5, 5.41) is 9.79. The second-order valence-electron chi connectivity index (χ2n) is 2.88. The number of aliphatic hydroxyl groups is 1. The standard InChI is InChI=1S/C10H10Br2OS/c1-2-3-4-5-8(13)9-6-7(11)10(12)14-9/h1,6,8,13H,3-5H2. The Labute approximate surface area is 105 Å². The average molecular weight is 338 g/mol. The topological polar surface area (TPSA) is 20.2 Å². The molecule has 14 heavy (non-hydrogen) atoms. The van der Waals surface area contributed by atoms with Crippen molar-refractivity contribution in [1.29, 1.82) is 0 Å². The summed E-state index contributed by atoms with van der Waals surface area (Å²) in [5.74, 6) is 2.56. The van der Waals surface area contributed by atoms with Gasteiger partial charge in [-0.15, -0.1) is 23.7 Å². The van der Waals surface area contributed by atoms with Crippen molar-refractivity contribution in [1.82, 2.24) is 0 Å². The monoisotopic (exact) mass is 336 g/mol. The van der Waals surface area contributed by atoms with Crippen molar-refractivity contribution < 1.29 is 5.11 Å². The molecule has 0 fully saturated rings. The number of rotatable bonds is 4. The maximum atomic E-state index is 9.79. The van der Waals surface area contributed by atoms with Gasteiger partial charge in [0.05, 0.1) is 9.89 Å². The number of hydrogen-bond donors (Lipinski definition) is 1. The van der Waals surface area contributed by atoms with E-state index < -0.39 is 6.10 Å². The lowest BCUT2D eigenvalue weighted by atomic mass is 10.1. The van der Waals surface area contributed by atoms with Gasteiger partial charge in [0, 0.05) is 15.8 Å². The number of hydrogen-bond acceptors (Lipinski definition) is 2. The van der Waals surface area contributed by atoms with E-state index in [9.17, 15) is 5.11 Å². The molecule has 1 rings (SSSR count). The van der Waals surface area contributed by atoms with Crippen molar-refractivity contribution in [2.24, 2.45) is 0 Å². The molecule has 0 saturated carbocycles. The summed E-state index contributed by atoms with van der Waals surface area (Å²) >= 11 is 8.33. The van der Waals surface area contributed by atoms with Crippen molar-refractivity contribution in [3.8, 4) is 12.3 Å². The Bertz CT molecular complexity index is 321. The molecule has 0 aromatic carbocycles. The number of halogens is 2. The number of terminal acetylenes is 1. The van der Waals surface area contributed by atoms with Gasteiger partial charge in [0.25, 0.3) is 0 Å². The van der Waals surface area contributed by atoms with Crippen LogP contribution in [0.1, 0.15) is 30.2 Å². The van der Waals surface area contributed by atoms with Gasteiger partial charge in [-0.3, -0.25) is 0 Å². The van der Waals surface area contributed by atoms with Gasteiger partial charge in [-0.05, 0) is 50.8 Å². The molecule has 0 saturated heterocycles. The SMILES string of the molecule is C#CCCCC(O)c1cc(Br)c(Br)s1. The molecule has 1 heterocycles. The van der Waals surface area contributed by atoms with Crippen LogP contribution in [0.25, 0.3) is 0 Å². The van der Waals surface area contributed by atoms with E-state index in [0.717, 1.165) is 32.4 Å². The van der Waals surface area contributed by atoms with Crippen LogP contribution in [-0.2, 0) is 0 Å². The average Bonchev–Trinajstić information content (AvgIpc) is 2.47. The van der Waals surface area contributed by atoms with E-state index in [4.69, 9.17) is 6.42 Å². The number of unbranched alkanes of at least 4 members (excludes halogenated alkanes) is 1. The zero-order valence-electron chi connectivity index (χ0n) is 7.46. The molecule has 1 unspecified atom stereocenters. The first kappa shape index (κ1) is 12.3. The molecule has 1 nitrogen and oxygen atoms in total. The third-order valence-corrected chi connectivity index (χ3v) is 5.15. The summed E-state index contributed by atoms with van der Waals surface area (Å²) < 4.78 is 2.01. The molecular weight excluding hydrogens is 328 g/mol. The summed E-state index contributed by atoms with van der Waals surface area (Å²) in [7, 11) is 0. The fourth-order valence-corrected chi connectivity index (χ4v) is 3.18. The highest BCUT2D eigenvalue weighted by Crippen LogP contribution is 2.36. The molecule has 0 spiro atoms. The molecular formula is C10H10Br2OS. The third kappa shape index (κ3) is 3.39. The lowest BCUT2D eigenvalue weighted by Gasteiger charge is -2.05. The molecule has 1 atom stereocenters. The second-order valence-corrected chi connectivity index (χ2v) is 6.14. The molecule has 0 bridgehead atoms. The van der Waals surface area contributed by atoms with Crippen LogP contribution < -0.4 is 0 Å². The summed E-state index contributed by atoms with van der Waals surface area (Å²) in [6.07, 6.45) is 7.06. The minimum atomic E-state index is -0.393. The van der Waals surface area contributed by atoms with E-state index in [1.165, 1.54) is 0 Å². The molecule has 1 N–H and O–H groups in total. The zero-order chi connectivity index (χ0) is 10.6. The van der Waals surface area contributed by atoms with Crippen LogP contribution in [0.4, 0.5) is 0 Å². The van der Waals surface area contributed by atoms with Crippen LogP contribution in [0.5, 0.6) is 0 Å². The van der Waals surface area contributed by atoms with E-state index in [-0.39, 0.29) is 0 Å². The minimum Gasteiger partial charge on any atom is -0.388 e. The first-order valence-electron chi connectivity index (χ1n) is 4.21. The molecule has 4 heteroatoms. The fourth-order valence-electron chi connectivity index (χ4n) is 1.07. The second kappa shape index (κ2) is 5.92. The highest BCUT2D eigenvalue weighted by atomic mass is 79.9. The molecule has 1 aromatic rings. The van der Waals surface area contributed by atoms with Gasteiger partial charge in [0.1, 0.15) is 0 Å². The largest absolute Gasteiger partial charge is 0.388 e. The first-order valence-corrected chi connectivity index (χ1v) is 6.61. The minimum absolute atomic E-state index is 0.393. The number of thiophene rings is 1. The predicted octanol–water partition coefficient (Wildman–Crippen LogP) is 4.11. The van der Waals surface area contributed by atoms with Crippen LogP contribution in [0, 0.1) is 12.3 Å². The molecule has 0 aliphatic carbocycles. The van der Waals surface area contributed by atoms with Gasteiger partial charge in [0.15, 0.2) is 0 Å². The molecule has 1 aromatic heterocycles. The summed E-state index contributed by atoms with van der Waals surface area (Å²) in [6.45, 7) is 0. The van der Waals surface area contributed by atoms with Crippen LogP contribution in [0.3, 0.4) is 0 Å². The Kier molecular flexibility index (Phi) is 5.18. The van der Waals surface area contributed by atoms with Crippen molar-refractivity contribution in [3.05, 3.63) is 19.2 Å². The molecule has 0 radical (unpaired) electrons. The Hall–Kier alpha value is 0.180. The van der Waals surface area contributed by atoms with E-state index in [1.807, 2.05) is 6.07 Å². The number of aliphatic hydroxyl groups excluding tert-OH is 1. The Balaban J connectivity index is 2.52. The van der Waals surface area contributed by atoms with E-state index >= 15 is 0 Å². The van der Waals surface area contributed by atoms with Gasteiger partial charge in [-0.2, -0.15) is 0 Å². The van der Waals surface area contributed by atoms with Crippen LogP contribution in [0.2, 0.25) is 0 Å². The Morgan fingerprint density at radius 1 is 1.57 bits per heavy atom. The van der Waals surface area contributed by atoms with Gasteiger partial charge < -0.3 is 5.11 Å². The van der Waals surface area contributed by atoms with Crippen molar-refractivity contribution in [2.75, 3.05) is 0 Å². The fraction of sp³-hybridized carbons (Fsp3) is 0.400. The smallest absolute Gasteiger partial charge is 0.0883 e. The third-order valence-electron chi connectivity index (χ3n) is 1.79. The summed E-state index contributed by atoms with van der Waals surface area (Å²) in [6, 6.07) is 1.94. The van der Waals surface area contributed by atoms with Crippen molar-refractivity contribution in [2.45, 2.75) is 25.4 Å². The van der Waals surface area contributed by atoms with Crippen molar-refractivity contribution >= 4 is 43.2 Å². The Morgan fingerprint density at radius 3 is 2.79 bits per heavy atom. The van der Waals surface area contributed by atoms with E-state index in [2.05, 4.69) is 37.8 Å². The van der Waals surface area contributed by atoms with Crippen LogP contribution >= 0.6 is 43.2 Å². The quantitative estimate of drug-likeness (QED) is 0.647. The maximum absolute atomic E-state index is 9.79. The predicted molar refractivity (Wildman–Crippen MR) is 67.4 cm³/mol. The van der Waals surface area contributed by atoms with E-state index in [0.29, 0.717) is 0 Å². The molecule has 0 amide bonds. The van der Waals surface area contributed by atoms with Crippen LogP contribution in [0.15, 0.2) is 14.3 Å². The van der Waals surface area contributed by atoms with Crippen LogP contribution in [-0.4, -0.2) is 5.11 Å². The first-order chi connectivity index (χ1) is 6.65. The lowest BCUT2D eigenvalue weighted by molar-refractivity contribution is 0.169. The molecule has 0 aliphatic heterocycles. The van der Waals surface area contributed by atoms with Gasteiger partial charge in [-0.1, -0.05) is 0 Å². The maximum Gasteiger partial charge on any atom is 0.0883 e.